The number of carbonyl (C=O) groups is 2. The fourth-order valence-corrected chi connectivity index (χ4v) is 5.74. The van der Waals surface area contributed by atoms with Crippen molar-refractivity contribution in [1.29, 1.82) is 0 Å². The van der Waals surface area contributed by atoms with E-state index in [1.165, 1.54) is 12.1 Å². The van der Waals surface area contributed by atoms with Gasteiger partial charge in [-0.1, -0.05) is 6.07 Å². The Kier molecular flexibility index (Phi) is 4.77. The van der Waals surface area contributed by atoms with Gasteiger partial charge in [0.2, 0.25) is 17.8 Å². The molecule has 1 spiro atoms. The maximum Gasteiger partial charge on any atom is 0.240 e. The van der Waals surface area contributed by atoms with Crippen LogP contribution in [-0.2, 0) is 21.5 Å². The molecule has 3 fully saturated rings. The van der Waals surface area contributed by atoms with Crippen LogP contribution >= 0.6 is 0 Å². The van der Waals surface area contributed by atoms with Crippen LogP contribution in [0.15, 0.2) is 24.4 Å². The lowest BCUT2D eigenvalue weighted by molar-refractivity contribution is -0.120. The second-order valence-corrected chi connectivity index (χ2v) is 9.90. The van der Waals surface area contributed by atoms with Crippen molar-refractivity contribution in [1.82, 2.24) is 9.97 Å². The molecule has 3 aliphatic heterocycles. The number of primary amides is 1. The van der Waals surface area contributed by atoms with E-state index in [1.54, 1.807) is 17.2 Å². The van der Waals surface area contributed by atoms with Crippen molar-refractivity contribution >= 4 is 29.3 Å². The van der Waals surface area contributed by atoms with Gasteiger partial charge < -0.3 is 26.2 Å². The molecule has 34 heavy (non-hydrogen) atoms. The van der Waals surface area contributed by atoms with Gasteiger partial charge in [0, 0.05) is 37.4 Å². The normalized spacial score (nSPS) is 24.9. The number of fused-ring (bicyclic) bond motifs is 2. The monoisotopic (exact) mass is 465 g/mol. The van der Waals surface area contributed by atoms with E-state index in [2.05, 4.69) is 4.98 Å². The van der Waals surface area contributed by atoms with Gasteiger partial charge in [0.15, 0.2) is 0 Å². The quantitative estimate of drug-likeness (QED) is 0.680. The highest BCUT2D eigenvalue weighted by Crippen LogP contribution is 2.57. The zero-order valence-corrected chi connectivity index (χ0v) is 18.9. The lowest BCUT2D eigenvalue weighted by Gasteiger charge is -2.28. The van der Waals surface area contributed by atoms with Crippen LogP contribution in [-0.4, -0.2) is 53.5 Å². The van der Waals surface area contributed by atoms with Crippen molar-refractivity contribution in [2.75, 3.05) is 34.3 Å². The number of hydrogen-bond donors (Lipinski definition) is 2. The van der Waals surface area contributed by atoms with Crippen molar-refractivity contribution in [3.05, 3.63) is 41.3 Å². The van der Waals surface area contributed by atoms with Crippen molar-refractivity contribution in [3.8, 4) is 0 Å². The van der Waals surface area contributed by atoms with E-state index in [-0.39, 0.29) is 24.3 Å². The van der Waals surface area contributed by atoms with Gasteiger partial charge in [-0.15, -0.1) is 0 Å². The predicted molar refractivity (Wildman–Crippen MR) is 125 cm³/mol. The second kappa shape index (κ2) is 7.63. The minimum Gasteiger partial charge on any atom is -0.368 e. The maximum absolute atomic E-state index is 14.2. The molecule has 1 aliphatic carbocycles. The van der Waals surface area contributed by atoms with E-state index in [1.807, 2.05) is 9.80 Å². The van der Waals surface area contributed by atoms with Crippen LogP contribution in [0.25, 0.3) is 0 Å². The van der Waals surface area contributed by atoms with Crippen molar-refractivity contribution in [3.63, 3.8) is 0 Å². The molecule has 4 aliphatic rings. The SMILES string of the molecule is NC(=O)C1CCCN1c1nc(N2CCC(N)C2)ncc1CN1C(=O)C2(CC2)c2ccc(F)cc21. The number of nitrogens with zero attached hydrogens (tertiary/aromatic N) is 5. The van der Waals surface area contributed by atoms with Gasteiger partial charge in [-0.3, -0.25) is 9.59 Å². The molecule has 4 heterocycles. The molecule has 2 aromatic rings. The van der Waals surface area contributed by atoms with Gasteiger partial charge in [0.25, 0.3) is 0 Å². The Bertz CT molecular complexity index is 1180. The van der Waals surface area contributed by atoms with Crippen molar-refractivity contribution < 1.29 is 14.0 Å². The molecule has 2 amide bonds. The van der Waals surface area contributed by atoms with Crippen LogP contribution in [0, 0.1) is 5.82 Å². The van der Waals surface area contributed by atoms with Crippen molar-refractivity contribution in [2.45, 2.75) is 56.1 Å². The van der Waals surface area contributed by atoms with Crippen LogP contribution < -0.4 is 26.2 Å². The average molecular weight is 466 g/mol. The Labute approximate surface area is 196 Å². The van der Waals surface area contributed by atoms with Gasteiger partial charge in [0.1, 0.15) is 17.7 Å². The predicted octanol–water partition coefficient (Wildman–Crippen LogP) is 1.19. The number of amides is 2. The number of carbonyl (C=O) groups excluding carboxylic acids is 2. The van der Waals surface area contributed by atoms with Crippen LogP contribution in [0.2, 0.25) is 0 Å². The third kappa shape index (κ3) is 3.23. The Morgan fingerprint density at radius 3 is 2.76 bits per heavy atom. The third-order valence-corrected chi connectivity index (χ3v) is 7.69. The van der Waals surface area contributed by atoms with Gasteiger partial charge in [-0.2, -0.15) is 4.98 Å². The van der Waals surface area contributed by atoms with Gasteiger partial charge in [-0.05, 0) is 49.8 Å². The van der Waals surface area contributed by atoms with Crippen molar-refractivity contribution in [2.24, 2.45) is 11.5 Å². The molecule has 4 N–H and O–H groups in total. The van der Waals surface area contributed by atoms with E-state index in [4.69, 9.17) is 16.5 Å². The number of benzene rings is 1. The molecule has 0 radical (unpaired) electrons. The third-order valence-electron chi connectivity index (χ3n) is 7.69. The Morgan fingerprint density at radius 1 is 1.24 bits per heavy atom. The van der Waals surface area contributed by atoms with Crippen LogP contribution in [0.4, 0.5) is 21.8 Å². The van der Waals surface area contributed by atoms with Crippen LogP contribution in [0.1, 0.15) is 43.2 Å². The number of nitrogens with two attached hydrogens (primary N) is 2. The van der Waals surface area contributed by atoms with Gasteiger partial charge in [-0.25, -0.2) is 9.37 Å². The number of halogens is 1. The van der Waals surface area contributed by atoms with E-state index in [9.17, 15) is 14.0 Å². The van der Waals surface area contributed by atoms with E-state index in [0.29, 0.717) is 42.5 Å². The van der Waals surface area contributed by atoms with E-state index in [0.717, 1.165) is 37.8 Å². The topological polar surface area (TPSA) is 122 Å². The Balaban J connectivity index is 1.40. The first-order valence-corrected chi connectivity index (χ1v) is 11.9. The van der Waals surface area contributed by atoms with Crippen LogP contribution in [0.3, 0.4) is 0 Å². The minimum absolute atomic E-state index is 0.0125. The summed E-state index contributed by atoms with van der Waals surface area (Å²) in [7, 11) is 0. The highest BCUT2D eigenvalue weighted by molar-refractivity contribution is 6.10. The second-order valence-electron chi connectivity index (χ2n) is 9.90. The molecule has 178 valence electrons. The summed E-state index contributed by atoms with van der Waals surface area (Å²) in [6.07, 6.45) is 5.61. The first-order valence-electron chi connectivity index (χ1n) is 11.9. The lowest BCUT2D eigenvalue weighted by Crippen LogP contribution is -2.42. The highest BCUT2D eigenvalue weighted by Gasteiger charge is 2.59. The summed E-state index contributed by atoms with van der Waals surface area (Å²) in [4.78, 5) is 40.7. The fourth-order valence-electron chi connectivity index (χ4n) is 5.74. The number of aromatic nitrogens is 2. The zero-order valence-electron chi connectivity index (χ0n) is 18.9. The van der Waals surface area contributed by atoms with E-state index >= 15 is 0 Å². The van der Waals surface area contributed by atoms with Gasteiger partial charge in [0.05, 0.1) is 17.6 Å². The maximum atomic E-state index is 14.2. The van der Waals surface area contributed by atoms with Crippen LogP contribution in [0.5, 0.6) is 0 Å². The molecule has 2 unspecified atom stereocenters. The molecule has 2 saturated heterocycles. The molecule has 6 rings (SSSR count). The molecular weight excluding hydrogens is 437 g/mol. The molecule has 1 aromatic heterocycles. The molecule has 9 nitrogen and oxygen atoms in total. The molecule has 2 atom stereocenters. The summed E-state index contributed by atoms with van der Waals surface area (Å²) in [6.45, 7) is 2.27. The largest absolute Gasteiger partial charge is 0.368 e. The first kappa shape index (κ1) is 21.3. The molecule has 0 bridgehead atoms. The minimum atomic E-state index is -0.529. The van der Waals surface area contributed by atoms with E-state index < -0.39 is 17.4 Å². The highest BCUT2D eigenvalue weighted by atomic mass is 19.1. The summed E-state index contributed by atoms with van der Waals surface area (Å²) in [5.41, 5.74) is 13.5. The number of anilines is 3. The average Bonchev–Trinajstić information content (AvgIpc) is 3.16. The zero-order chi connectivity index (χ0) is 23.6. The lowest BCUT2D eigenvalue weighted by atomic mass is 9.98. The summed E-state index contributed by atoms with van der Waals surface area (Å²) in [6, 6.07) is 4.19. The standard InChI is InChI=1S/C24H28FN7O2/c25-15-3-4-17-19(10-15)32(22(34)24(17)6-7-24)12-14-11-28-23(30-9-5-16(26)13-30)29-21(14)31-8-1-2-18(31)20(27)33/h3-4,10-11,16,18H,1-2,5-9,12-13,26H2,(H2,27,33). The molecular formula is C24H28FN7O2. The van der Waals surface area contributed by atoms with Gasteiger partial charge >= 0.3 is 0 Å². The summed E-state index contributed by atoms with van der Waals surface area (Å²) >= 11 is 0. The molecule has 10 heteroatoms. The summed E-state index contributed by atoms with van der Waals surface area (Å²) in [5, 5.41) is 0. The number of rotatable bonds is 5. The molecule has 1 saturated carbocycles. The summed E-state index contributed by atoms with van der Waals surface area (Å²) in [5.74, 6) is 0.378. The first-order chi connectivity index (χ1) is 16.4. The molecule has 1 aromatic carbocycles. The smallest absolute Gasteiger partial charge is 0.240 e. The number of hydrogen-bond acceptors (Lipinski definition) is 7. The Hall–Kier alpha value is -3.27. The Morgan fingerprint density at radius 2 is 2.06 bits per heavy atom. The summed E-state index contributed by atoms with van der Waals surface area (Å²) < 4.78 is 14.2. The fraction of sp³-hybridized carbons (Fsp3) is 0.500.